The van der Waals surface area contributed by atoms with Crippen LogP contribution in [0.25, 0.3) is 0 Å². The summed E-state index contributed by atoms with van der Waals surface area (Å²) in [5.41, 5.74) is 0. The van der Waals surface area contributed by atoms with Gasteiger partial charge in [-0.3, -0.25) is 4.79 Å². The van der Waals surface area contributed by atoms with Crippen molar-refractivity contribution in [2.75, 3.05) is 26.7 Å². The van der Waals surface area contributed by atoms with Crippen molar-refractivity contribution in [3.8, 4) is 0 Å². The van der Waals surface area contributed by atoms with Crippen molar-refractivity contribution in [3.05, 3.63) is 0 Å². The maximum Gasteiger partial charge on any atom is 0.222 e. The molecule has 0 spiro atoms. The number of amides is 1. The molecule has 2 heterocycles. The maximum absolute atomic E-state index is 11.9. The van der Waals surface area contributed by atoms with Crippen molar-refractivity contribution in [1.29, 1.82) is 0 Å². The Labute approximate surface area is 97.3 Å². The summed E-state index contributed by atoms with van der Waals surface area (Å²) in [6.45, 7) is 4.99. The van der Waals surface area contributed by atoms with Crippen LogP contribution in [0, 0.1) is 5.92 Å². The normalized spacial score (nSPS) is 30.5. The molecule has 0 aromatic heterocycles. The number of hydrogen-bond donors (Lipinski definition) is 1. The minimum absolute atomic E-state index is 0.184. The van der Waals surface area contributed by atoms with Gasteiger partial charge in [-0.05, 0) is 32.2 Å². The predicted molar refractivity (Wildman–Crippen MR) is 62.2 cm³/mol. The molecular weight excluding hydrogens is 204 g/mol. The molecule has 0 aromatic rings. The summed E-state index contributed by atoms with van der Waals surface area (Å²) in [6, 6.07) is 0.559. The highest BCUT2D eigenvalue weighted by atomic mass is 16.5. The maximum atomic E-state index is 11.9. The molecule has 0 radical (unpaired) electrons. The van der Waals surface area contributed by atoms with Gasteiger partial charge in [0.15, 0.2) is 0 Å². The first kappa shape index (κ1) is 11.9. The number of hydrogen-bond acceptors (Lipinski definition) is 3. The van der Waals surface area contributed by atoms with E-state index < -0.39 is 0 Å². The smallest absolute Gasteiger partial charge is 0.222 e. The first-order valence-corrected chi connectivity index (χ1v) is 6.24. The fraction of sp³-hybridized carbons (Fsp3) is 0.917. The Balaban J connectivity index is 1.74. The zero-order valence-corrected chi connectivity index (χ0v) is 10.2. The summed E-state index contributed by atoms with van der Waals surface area (Å²) in [7, 11) is 1.69. The van der Waals surface area contributed by atoms with Crippen LogP contribution in [-0.2, 0) is 9.53 Å². The molecule has 2 saturated heterocycles. The average Bonchev–Trinajstić information content (AvgIpc) is 2.85. The van der Waals surface area contributed by atoms with E-state index in [2.05, 4.69) is 5.32 Å². The Bertz CT molecular complexity index is 245. The molecule has 1 amide bonds. The van der Waals surface area contributed by atoms with Gasteiger partial charge in [0.2, 0.25) is 5.91 Å². The van der Waals surface area contributed by atoms with Gasteiger partial charge in [-0.15, -0.1) is 0 Å². The third-order valence-electron chi connectivity index (χ3n) is 3.88. The van der Waals surface area contributed by atoms with Crippen molar-refractivity contribution >= 4 is 5.91 Å². The number of likely N-dealkylation sites (tertiary alicyclic amines) is 1. The standard InChI is InChI=1S/C12H22N2O2/c1-9(16-2)3-4-12(15)14-7-10-5-6-13-11(10)8-14/h9-11,13H,3-8H2,1-2H3/t9?,10-,11+/m0/s1. The van der Waals surface area contributed by atoms with Gasteiger partial charge in [0.1, 0.15) is 0 Å². The van der Waals surface area contributed by atoms with Gasteiger partial charge in [0.25, 0.3) is 0 Å². The van der Waals surface area contributed by atoms with Gasteiger partial charge in [-0.25, -0.2) is 0 Å². The molecule has 2 aliphatic heterocycles. The zero-order valence-electron chi connectivity index (χ0n) is 10.2. The zero-order chi connectivity index (χ0) is 11.5. The highest BCUT2D eigenvalue weighted by Crippen LogP contribution is 2.25. The van der Waals surface area contributed by atoms with Crippen LogP contribution in [0.4, 0.5) is 0 Å². The van der Waals surface area contributed by atoms with Crippen LogP contribution in [0.5, 0.6) is 0 Å². The van der Waals surface area contributed by atoms with Gasteiger partial charge in [0.05, 0.1) is 6.10 Å². The quantitative estimate of drug-likeness (QED) is 0.764. The largest absolute Gasteiger partial charge is 0.382 e. The fourth-order valence-corrected chi connectivity index (χ4v) is 2.66. The topological polar surface area (TPSA) is 41.6 Å². The molecule has 0 aliphatic carbocycles. The summed E-state index contributed by atoms with van der Waals surface area (Å²) in [6.07, 6.45) is 2.86. The Hall–Kier alpha value is -0.610. The van der Waals surface area contributed by atoms with E-state index in [1.165, 1.54) is 6.42 Å². The second-order valence-corrected chi connectivity index (χ2v) is 4.99. The van der Waals surface area contributed by atoms with Crippen molar-refractivity contribution in [3.63, 3.8) is 0 Å². The van der Waals surface area contributed by atoms with E-state index in [-0.39, 0.29) is 6.10 Å². The summed E-state index contributed by atoms with van der Waals surface area (Å²) in [4.78, 5) is 14.0. The minimum atomic E-state index is 0.184. The second kappa shape index (κ2) is 5.15. The van der Waals surface area contributed by atoms with Gasteiger partial charge < -0.3 is 15.0 Å². The molecular formula is C12H22N2O2. The molecule has 16 heavy (non-hydrogen) atoms. The summed E-state index contributed by atoms with van der Waals surface area (Å²) in [5, 5.41) is 3.46. The van der Waals surface area contributed by atoms with Crippen molar-refractivity contribution in [2.24, 2.45) is 5.92 Å². The Kier molecular flexibility index (Phi) is 3.82. The second-order valence-electron chi connectivity index (χ2n) is 4.99. The van der Waals surface area contributed by atoms with Crippen LogP contribution in [0.15, 0.2) is 0 Å². The molecule has 0 bridgehead atoms. The number of carbonyl (C=O) groups is 1. The molecule has 2 aliphatic rings. The lowest BCUT2D eigenvalue weighted by atomic mass is 10.1. The number of nitrogens with zero attached hydrogens (tertiary/aromatic N) is 1. The molecule has 4 heteroatoms. The third kappa shape index (κ3) is 2.55. The van der Waals surface area contributed by atoms with Crippen LogP contribution in [0.2, 0.25) is 0 Å². The predicted octanol–water partition coefficient (Wildman–Crippen LogP) is 0.622. The van der Waals surface area contributed by atoms with E-state index in [4.69, 9.17) is 4.74 Å². The SMILES string of the molecule is COC(C)CCC(=O)N1C[C@@H]2CCN[C@@H]2C1. The van der Waals surface area contributed by atoms with Crippen LogP contribution in [0.3, 0.4) is 0 Å². The average molecular weight is 226 g/mol. The lowest BCUT2D eigenvalue weighted by Gasteiger charge is -2.18. The number of ether oxygens (including phenoxy) is 1. The van der Waals surface area contributed by atoms with E-state index in [1.807, 2.05) is 11.8 Å². The summed E-state index contributed by atoms with van der Waals surface area (Å²) in [5.74, 6) is 0.990. The first-order valence-electron chi connectivity index (χ1n) is 6.24. The highest BCUT2D eigenvalue weighted by Gasteiger charge is 2.37. The number of methoxy groups -OCH3 is 1. The molecule has 3 atom stereocenters. The molecule has 1 unspecified atom stereocenters. The van der Waals surface area contributed by atoms with Crippen molar-refractivity contribution in [2.45, 2.75) is 38.3 Å². The third-order valence-corrected chi connectivity index (χ3v) is 3.88. The van der Waals surface area contributed by atoms with Gasteiger partial charge in [0, 0.05) is 32.7 Å². The van der Waals surface area contributed by atoms with Gasteiger partial charge in [-0.1, -0.05) is 0 Å². The van der Waals surface area contributed by atoms with Gasteiger partial charge >= 0.3 is 0 Å². The molecule has 2 rings (SSSR count). The first-order chi connectivity index (χ1) is 7.70. The number of rotatable bonds is 4. The van der Waals surface area contributed by atoms with Crippen molar-refractivity contribution in [1.82, 2.24) is 10.2 Å². The molecule has 2 fully saturated rings. The Morgan fingerprint density at radius 1 is 1.56 bits per heavy atom. The van der Waals surface area contributed by atoms with Crippen LogP contribution < -0.4 is 5.32 Å². The Morgan fingerprint density at radius 2 is 2.38 bits per heavy atom. The summed E-state index contributed by atoms with van der Waals surface area (Å²) >= 11 is 0. The number of fused-ring (bicyclic) bond motifs is 1. The summed E-state index contributed by atoms with van der Waals surface area (Å²) < 4.78 is 5.15. The molecule has 1 N–H and O–H groups in total. The van der Waals surface area contributed by atoms with E-state index in [9.17, 15) is 4.79 Å². The molecule has 0 aromatic carbocycles. The van der Waals surface area contributed by atoms with Crippen LogP contribution in [0.1, 0.15) is 26.2 Å². The van der Waals surface area contributed by atoms with E-state index in [0.717, 1.165) is 26.1 Å². The van der Waals surface area contributed by atoms with Crippen molar-refractivity contribution < 1.29 is 9.53 Å². The van der Waals surface area contributed by atoms with Crippen LogP contribution in [-0.4, -0.2) is 49.7 Å². The van der Waals surface area contributed by atoms with E-state index in [0.29, 0.717) is 24.3 Å². The van der Waals surface area contributed by atoms with E-state index >= 15 is 0 Å². The van der Waals surface area contributed by atoms with Crippen LogP contribution >= 0.6 is 0 Å². The molecule has 4 nitrogen and oxygen atoms in total. The number of nitrogens with one attached hydrogen (secondary N) is 1. The Morgan fingerprint density at radius 3 is 3.06 bits per heavy atom. The minimum Gasteiger partial charge on any atom is -0.382 e. The van der Waals surface area contributed by atoms with E-state index in [1.54, 1.807) is 7.11 Å². The lowest BCUT2D eigenvalue weighted by Crippen LogP contribution is -2.34. The molecule has 92 valence electrons. The number of carbonyl (C=O) groups excluding carboxylic acids is 1. The highest BCUT2D eigenvalue weighted by molar-refractivity contribution is 5.76. The monoisotopic (exact) mass is 226 g/mol. The lowest BCUT2D eigenvalue weighted by molar-refractivity contribution is -0.131. The molecule has 0 saturated carbocycles. The van der Waals surface area contributed by atoms with Gasteiger partial charge in [-0.2, -0.15) is 0 Å². The fourth-order valence-electron chi connectivity index (χ4n) is 2.66.